The Hall–Kier alpha value is -1.88. The lowest BCUT2D eigenvalue weighted by atomic mass is 10.3. The van der Waals surface area contributed by atoms with Gasteiger partial charge in [0.15, 0.2) is 0 Å². The van der Waals surface area contributed by atoms with E-state index in [4.69, 9.17) is 16.3 Å². The van der Waals surface area contributed by atoms with E-state index < -0.39 is 5.82 Å². The molecule has 1 N–H and O–H groups in total. The predicted molar refractivity (Wildman–Crippen MR) is 75.0 cm³/mol. The second-order valence-corrected chi connectivity index (χ2v) is 5.06. The molecule has 1 heterocycles. The summed E-state index contributed by atoms with van der Waals surface area (Å²) in [5.41, 5.74) is 0. The van der Waals surface area contributed by atoms with Gasteiger partial charge in [-0.05, 0) is 25.0 Å². The van der Waals surface area contributed by atoms with Crippen molar-refractivity contribution in [3.63, 3.8) is 0 Å². The van der Waals surface area contributed by atoms with Gasteiger partial charge in [0, 0.05) is 25.1 Å². The molecule has 104 valence electrons. The van der Waals surface area contributed by atoms with Crippen molar-refractivity contribution in [2.45, 2.75) is 18.8 Å². The van der Waals surface area contributed by atoms with Gasteiger partial charge in [-0.1, -0.05) is 11.6 Å². The van der Waals surface area contributed by atoms with Gasteiger partial charge in [-0.15, -0.1) is 0 Å². The Morgan fingerprint density at radius 1 is 1.30 bits per heavy atom. The van der Waals surface area contributed by atoms with Crippen molar-refractivity contribution in [1.29, 1.82) is 0 Å². The molecule has 1 aliphatic rings. The van der Waals surface area contributed by atoms with Crippen LogP contribution in [-0.2, 0) is 0 Å². The van der Waals surface area contributed by atoms with Crippen LogP contribution in [0.5, 0.6) is 11.6 Å². The summed E-state index contributed by atoms with van der Waals surface area (Å²) in [5.74, 6) is 2.29. The fourth-order valence-corrected chi connectivity index (χ4v) is 1.98. The molecule has 4 nitrogen and oxygen atoms in total. The number of hydrogen-bond donors (Lipinski definition) is 1. The largest absolute Gasteiger partial charge is 0.439 e. The van der Waals surface area contributed by atoms with Gasteiger partial charge >= 0.3 is 0 Å². The molecule has 0 bridgehead atoms. The van der Waals surface area contributed by atoms with Gasteiger partial charge in [0.25, 0.3) is 0 Å². The first kappa shape index (κ1) is 13.1. The van der Waals surface area contributed by atoms with Gasteiger partial charge in [-0.2, -0.15) is 4.98 Å². The molecule has 0 amide bonds. The number of rotatable bonds is 4. The number of benzene rings is 1. The Kier molecular flexibility index (Phi) is 3.44. The van der Waals surface area contributed by atoms with Crippen LogP contribution in [0.1, 0.15) is 24.6 Å². The van der Waals surface area contributed by atoms with Crippen molar-refractivity contribution in [1.82, 2.24) is 9.97 Å². The first-order chi connectivity index (χ1) is 9.65. The third kappa shape index (κ3) is 2.82. The molecule has 0 atom stereocenters. The number of halogens is 2. The third-order valence-electron chi connectivity index (χ3n) is 3.03. The summed E-state index contributed by atoms with van der Waals surface area (Å²) >= 11 is 5.73. The number of anilines is 1. The van der Waals surface area contributed by atoms with E-state index in [0.29, 0.717) is 23.4 Å². The molecular formula is C14H13ClFN3O. The monoisotopic (exact) mass is 293 g/mol. The fraction of sp³-hybridized carbons (Fsp3) is 0.286. The molecule has 0 radical (unpaired) electrons. The quantitative estimate of drug-likeness (QED) is 0.926. The van der Waals surface area contributed by atoms with Crippen molar-refractivity contribution in [2.24, 2.45) is 0 Å². The molecule has 1 aromatic carbocycles. The summed E-state index contributed by atoms with van der Waals surface area (Å²) in [6.07, 6.45) is 2.21. The van der Waals surface area contributed by atoms with Crippen molar-refractivity contribution >= 4 is 17.4 Å². The lowest BCUT2D eigenvalue weighted by Crippen LogP contribution is -2.01. The molecule has 6 heteroatoms. The average molecular weight is 294 g/mol. The summed E-state index contributed by atoms with van der Waals surface area (Å²) < 4.78 is 18.7. The van der Waals surface area contributed by atoms with E-state index in [0.717, 1.165) is 18.7 Å². The van der Waals surface area contributed by atoms with E-state index in [2.05, 4.69) is 15.3 Å². The first-order valence-electron chi connectivity index (χ1n) is 6.35. The minimum Gasteiger partial charge on any atom is -0.439 e. The summed E-state index contributed by atoms with van der Waals surface area (Å²) in [6, 6.07) is 5.90. The predicted octanol–water partition coefficient (Wildman–Crippen LogP) is 3.98. The van der Waals surface area contributed by atoms with E-state index in [1.807, 2.05) is 0 Å². The highest BCUT2D eigenvalue weighted by Gasteiger charge is 2.27. The average Bonchev–Trinajstić information content (AvgIpc) is 3.27. The fourth-order valence-electron chi connectivity index (χ4n) is 1.81. The van der Waals surface area contributed by atoms with E-state index in [-0.39, 0.29) is 5.02 Å². The number of aromatic nitrogens is 2. The molecule has 0 spiro atoms. The van der Waals surface area contributed by atoms with Gasteiger partial charge in [0.05, 0.1) is 5.02 Å². The van der Waals surface area contributed by atoms with Crippen LogP contribution in [0.2, 0.25) is 5.02 Å². The number of nitrogens with one attached hydrogen (secondary N) is 1. The Morgan fingerprint density at radius 3 is 2.75 bits per heavy atom. The zero-order valence-corrected chi connectivity index (χ0v) is 11.6. The van der Waals surface area contributed by atoms with Gasteiger partial charge in [-0.25, -0.2) is 9.37 Å². The Morgan fingerprint density at radius 2 is 2.10 bits per heavy atom. The highest BCUT2D eigenvalue weighted by molar-refractivity contribution is 6.30. The van der Waals surface area contributed by atoms with E-state index in [1.165, 1.54) is 18.2 Å². The second-order valence-electron chi connectivity index (χ2n) is 4.65. The Labute approximate surface area is 121 Å². The summed E-state index contributed by atoms with van der Waals surface area (Å²) in [7, 11) is 1.79. The normalized spacial score (nSPS) is 14.2. The van der Waals surface area contributed by atoms with Crippen molar-refractivity contribution in [2.75, 3.05) is 12.4 Å². The maximum absolute atomic E-state index is 13.1. The highest BCUT2D eigenvalue weighted by Crippen LogP contribution is 2.39. The lowest BCUT2D eigenvalue weighted by Gasteiger charge is -2.09. The molecule has 0 saturated heterocycles. The Bertz CT molecular complexity index is 646. The molecule has 1 aliphatic carbocycles. The molecule has 3 rings (SSSR count). The zero-order valence-electron chi connectivity index (χ0n) is 10.9. The van der Waals surface area contributed by atoms with Crippen LogP contribution in [0.4, 0.5) is 10.2 Å². The van der Waals surface area contributed by atoms with Crippen molar-refractivity contribution in [3.8, 4) is 11.6 Å². The van der Waals surface area contributed by atoms with Crippen LogP contribution in [0, 0.1) is 5.82 Å². The van der Waals surface area contributed by atoms with Crippen LogP contribution in [0.15, 0.2) is 24.3 Å². The van der Waals surface area contributed by atoms with Gasteiger partial charge in [0.2, 0.25) is 5.88 Å². The smallest absolute Gasteiger partial charge is 0.224 e. The maximum atomic E-state index is 13.1. The minimum atomic E-state index is -0.476. The highest BCUT2D eigenvalue weighted by atomic mass is 35.5. The van der Waals surface area contributed by atoms with Gasteiger partial charge in [-0.3, -0.25) is 0 Å². The van der Waals surface area contributed by atoms with Crippen LogP contribution in [0.3, 0.4) is 0 Å². The van der Waals surface area contributed by atoms with Crippen LogP contribution in [0.25, 0.3) is 0 Å². The summed E-state index contributed by atoms with van der Waals surface area (Å²) in [4.78, 5) is 8.78. The van der Waals surface area contributed by atoms with Crippen molar-refractivity contribution in [3.05, 3.63) is 40.9 Å². The topological polar surface area (TPSA) is 47.0 Å². The SMILES string of the molecule is CNc1cc(Oc2ccc(F)c(Cl)c2)nc(C2CC2)n1. The second kappa shape index (κ2) is 5.25. The molecule has 1 aromatic heterocycles. The molecule has 1 saturated carbocycles. The van der Waals surface area contributed by atoms with Crippen LogP contribution in [-0.4, -0.2) is 17.0 Å². The molecule has 2 aromatic rings. The molecule has 1 fully saturated rings. The number of ether oxygens (including phenoxy) is 1. The number of nitrogens with zero attached hydrogens (tertiary/aromatic N) is 2. The van der Waals surface area contributed by atoms with Gasteiger partial charge in [0.1, 0.15) is 23.2 Å². The Balaban J connectivity index is 1.88. The molecular weight excluding hydrogens is 281 g/mol. The standard InChI is InChI=1S/C14H13ClFN3O/c1-17-12-7-13(19-14(18-12)8-2-3-8)20-9-4-5-11(16)10(15)6-9/h4-8H,2-3H2,1H3,(H,17,18,19). The van der Waals surface area contributed by atoms with E-state index in [9.17, 15) is 4.39 Å². The maximum Gasteiger partial charge on any atom is 0.224 e. The number of hydrogen-bond acceptors (Lipinski definition) is 4. The molecule has 20 heavy (non-hydrogen) atoms. The first-order valence-corrected chi connectivity index (χ1v) is 6.73. The van der Waals surface area contributed by atoms with Crippen LogP contribution >= 0.6 is 11.6 Å². The van der Waals surface area contributed by atoms with E-state index in [1.54, 1.807) is 13.1 Å². The molecule has 0 unspecified atom stereocenters. The summed E-state index contributed by atoms with van der Waals surface area (Å²) in [5, 5.41) is 3.00. The van der Waals surface area contributed by atoms with Crippen molar-refractivity contribution < 1.29 is 9.13 Å². The lowest BCUT2D eigenvalue weighted by molar-refractivity contribution is 0.457. The minimum absolute atomic E-state index is 0.0211. The zero-order chi connectivity index (χ0) is 14.1. The van der Waals surface area contributed by atoms with Crippen LogP contribution < -0.4 is 10.1 Å². The van der Waals surface area contributed by atoms with Gasteiger partial charge < -0.3 is 10.1 Å². The molecule has 0 aliphatic heterocycles. The van der Waals surface area contributed by atoms with E-state index >= 15 is 0 Å². The third-order valence-corrected chi connectivity index (χ3v) is 3.32. The summed E-state index contributed by atoms with van der Waals surface area (Å²) in [6.45, 7) is 0.